The van der Waals surface area contributed by atoms with E-state index in [9.17, 15) is 14.9 Å². The summed E-state index contributed by atoms with van der Waals surface area (Å²) in [6.07, 6.45) is 1.46. The molecule has 2 aromatic carbocycles. The Hall–Kier alpha value is -4.40. The van der Waals surface area contributed by atoms with Gasteiger partial charge in [-0.05, 0) is 43.3 Å². The molecule has 0 unspecified atom stereocenters. The molecule has 0 aliphatic carbocycles. The lowest BCUT2D eigenvalue weighted by molar-refractivity contribution is -0.385. The van der Waals surface area contributed by atoms with Gasteiger partial charge in [0, 0.05) is 18.7 Å². The third kappa shape index (κ3) is 3.71. The summed E-state index contributed by atoms with van der Waals surface area (Å²) < 4.78 is 14.1. The van der Waals surface area contributed by atoms with E-state index in [1.54, 1.807) is 34.6 Å². The molecule has 0 spiro atoms. The van der Waals surface area contributed by atoms with Crippen LogP contribution in [-0.2, 0) is 7.05 Å². The summed E-state index contributed by atoms with van der Waals surface area (Å²) in [5.41, 5.74) is 1.87. The maximum atomic E-state index is 12.9. The molecular formula is C23H20N4O5. The van der Waals surface area contributed by atoms with Crippen LogP contribution in [0.1, 0.15) is 11.5 Å². The minimum absolute atomic E-state index is 0.155. The highest BCUT2D eigenvalue weighted by Gasteiger charge is 2.18. The minimum Gasteiger partial charge on any atom is -0.490 e. The molecule has 0 amide bonds. The Morgan fingerprint density at radius 3 is 2.56 bits per heavy atom. The van der Waals surface area contributed by atoms with Gasteiger partial charge in [0.15, 0.2) is 11.4 Å². The number of nitro groups is 1. The van der Waals surface area contributed by atoms with Gasteiger partial charge in [0.2, 0.25) is 0 Å². The molecule has 0 radical (unpaired) electrons. The number of hydrogen-bond donors (Lipinski definition) is 0. The number of rotatable bonds is 6. The van der Waals surface area contributed by atoms with Gasteiger partial charge in [0.25, 0.3) is 5.56 Å². The molecule has 4 aromatic rings. The van der Waals surface area contributed by atoms with Gasteiger partial charge in [-0.3, -0.25) is 19.6 Å². The molecule has 32 heavy (non-hydrogen) atoms. The Kier molecular flexibility index (Phi) is 5.46. The number of nitrogens with zero attached hydrogens (tertiary/aromatic N) is 4. The van der Waals surface area contributed by atoms with Crippen molar-refractivity contribution in [3.05, 3.63) is 92.6 Å². The topological polar surface area (TPSA) is 105 Å². The van der Waals surface area contributed by atoms with Crippen LogP contribution in [0.3, 0.4) is 0 Å². The van der Waals surface area contributed by atoms with Crippen LogP contribution in [0.25, 0.3) is 17.0 Å². The van der Waals surface area contributed by atoms with Crippen LogP contribution >= 0.6 is 0 Å². The number of furan rings is 1. The van der Waals surface area contributed by atoms with Crippen molar-refractivity contribution in [2.24, 2.45) is 12.0 Å². The zero-order valence-corrected chi connectivity index (χ0v) is 17.7. The van der Waals surface area contributed by atoms with E-state index in [1.807, 2.05) is 37.3 Å². The average Bonchev–Trinajstić information content (AvgIpc) is 3.35. The molecule has 0 atom stereocenters. The normalized spacial score (nSPS) is 11.2. The maximum Gasteiger partial charge on any atom is 0.311 e. The summed E-state index contributed by atoms with van der Waals surface area (Å²) in [7, 11) is 3.17. The van der Waals surface area contributed by atoms with Crippen molar-refractivity contribution in [1.29, 1.82) is 0 Å². The van der Waals surface area contributed by atoms with Crippen LogP contribution in [0.4, 0.5) is 11.4 Å². The number of methoxy groups -OCH3 is 1. The monoisotopic (exact) mass is 432 g/mol. The number of ether oxygens (including phenoxy) is 1. The van der Waals surface area contributed by atoms with Crippen LogP contribution in [-0.4, -0.2) is 27.6 Å². The minimum atomic E-state index is -0.510. The van der Waals surface area contributed by atoms with Gasteiger partial charge in [0.05, 0.1) is 29.6 Å². The predicted octanol–water partition coefficient (Wildman–Crippen LogP) is 4.41. The number of nitro benzene ring substituents is 1. The van der Waals surface area contributed by atoms with Crippen LogP contribution in [0.5, 0.6) is 5.75 Å². The molecular weight excluding hydrogens is 412 g/mol. The number of para-hydroxylation sites is 1. The standard InChI is InChI=1S/C23H20N4O5/c1-15-22(23(28)26(25(15)2)17-7-5-4-6-8-17)24-14-18-10-12-20(32-18)16-9-11-21(31-3)19(13-16)27(29)30/h4-14H,1-3H3. The molecule has 0 fully saturated rings. The molecule has 0 N–H and O–H groups in total. The van der Waals surface area contributed by atoms with E-state index < -0.39 is 4.92 Å². The Bertz CT molecular complexity index is 1380. The first-order valence-electron chi connectivity index (χ1n) is 9.71. The highest BCUT2D eigenvalue weighted by molar-refractivity contribution is 5.80. The summed E-state index contributed by atoms with van der Waals surface area (Å²) in [6, 6.07) is 17.3. The smallest absolute Gasteiger partial charge is 0.311 e. The van der Waals surface area contributed by atoms with Crippen molar-refractivity contribution in [1.82, 2.24) is 9.36 Å². The number of aliphatic imine (C=N–C) groups is 1. The van der Waals surface area contributed by atoms with E-state index in [4.69, 9.17) is 9.15 Å². The molecule has 162 valence electrons. The Labute approximate surface area is 182 Å². The van der Waals surface area contributed by atoms with Gasteiger partial charge in [-0.1, -0.05) is 18.2 Å². The summed E-state index contributed by atoms with van der Waals surface area (Å²) in [6.45, 7) is 1.82. The predicted molar refractivity (Wildman–Crippen MR) is 120 cm³/mol. The number of hydrogen-bond acceptors (Lipinski definition) is 6. The summed E-state index contributed by atoms with van der Waals surface area (Å²) >= 11 is 0. The molecule has 2 aromatic heterocycles. The van der Waals surface area contributed by atoms with Gasteiger partial charge in [-0.25, -0.2) is 9.67 Å². The van der Waals surface area contributed by atoms with E-state index in [0.717, 1.165) is 5.69 Å². The van der Waals surface area contributed by atoms with E-state index >= 15 is 0 Å². The quantitative estimate of drug-likeness (QED) is 0.255. The van der Waals surface area contributed by atoms with Crippen LogP contribution in [0.15, 0.2) is 74.9 Å². The van der Waals surface area contributed by atoms with E-state index in [1.165, 1.54) is 25.5 Å². The summed E-state index contributed by atoms with van der Waals surface area (Å²) in [5.74, 6) is 1.01. The molecule has 0 aliphatic heterocycles. The molecule has 0 saturated carbocycles. The van der Waals surface area contributed by atoms with Gasteiger partial charge in [-0.15, -0.1) is 0 Å². The van der Waals surface area contributed by atoms with Crippen molar-refractivity contribution in [2.45, 2.75) is 6.92 Å². The molecule has 9 nitrogen and oxygen atoms in total. The first-order chi connectivity index (χ1) is 15.4. The highest BCUT2D eigenvalue weighted by atomic mass is 16.6. The van der Waals surface area contributed by atoms with Crippen LogP contribution < -0.4 is 10.3 Å². The lowest BCUT2D eigenvalue weighted by Crippen LogP contribution is -2.19. The third-order valence-corrected chi connectivity index (χ3v) is 5.13. The summed E-state index contributed by atoms with van der Waals surface area (Å²) in [4.78, 5) is 28.1. The largest absolute Gasteiger partial charge is 0.490 e. The molecule has 0 aliphatic rings. The molecule has 4 rings (SSSR count). The van der Waals surface area contributed by atoms with E-state index in [-0.39, 0.29) is 17.0 Å². The van der Waals surface area contributed by atoms with Crippen LogP contribution in [0, 0.1) is 17.0 Å². The molecule has 9 heteroatoms. The Balaban J connectivity index is 1.65. The lowest BCUT2D eigenvalue weighted by atomic mass is 10.1. The average molecular weight is 432 g/mol. The van der Waals surface area contributed by atoms with Gasteiger partial charge in [-0.2, -0.15) is 0 Å². The Morgan fingerprint density at radius 1 is 1.12 bits per heavy atom. The van der Waals surface area contributed by atoms with Gasteiger partial charge < -0.3 is 9.15 Å². The first kappa shape index (κ1) is 20.9. The van der Waals surface area contributed by atoms with Crippen molar-refractivity contribution in [3.8, 4) is 22.8 Å². The van der Waals surface area contributed by atoms with Crippen molar-refractivity contribution < 1.29 is 14.1 Å². The number of aromatic nitrogens is 2. The maximum absolute atomic E-state index is 12.9. The SMILES string of the molecule is COc1ccc(-c2ccc(C=Nc3c(C)n(C)n(-c4ccccc4)c3=O)o2)cc1[N+](=O)[O-]. The van der Waals surface area contributed by atoms with Crippen molar-refractivity contribution >= 4 is 17.6 Å². The Morgan fingerprint density at radius 2 is 1.88 bits per heavy atom. The lowest BCUT2D eigenvalue weighted by Gasteiger charge is -2.07. The van der Waals surface area contributed by atoms with E-state index in [0.29, 0.717) is 28.5 Å². The second kappa shape index (κ2) is 8.38. The second-order valence-electron chi connectivity index (χ2n) is 7.01. The van der Waals surface area contributed by atoms with Gasteiger partial charge >= 0.3 is 5.69 Å². The highest BCUT2D eigenvalue weighted by Crippen LogP contribution is 2.32. The fourth-order valence-corrected chi connectivity index (χ4v) is 3.39. The zero-order chi connectivity index (χ0) is 22.8. The zero-order valence-electron chi connectivity index (χ0n) is 17.7. The van der Waals surface area contributed by atoms with E-state index in [2.05, 4.69) is 4.99 Å². The molecule has 0 bridgehead atoms. The fraction of sp³-hybridized carbons (Fsp3) is 0.130. The third-order valence-electron chi connectivity index (χ3n) is 5.13. The van der Waals surface area contributed by atoms with Crippen LogP contribution in [0.2, 0.25) is 0 Å². The second-order valence-corrected chi connectivity index (χ2v) is 7.01. The van der Waals surface area contributed by atoms with Crippen molar-refractivity contribution in [3.63, 3.8) is 0 Å². The summed E-state index contributed by atoms with van der Waals surface area (Å²) in [5, 5.41) is 11.3. The molecule has 2 heterocycles. The molecule has 0 saturated heterocycles. The van der Waals surface area contributed by atoms with Gasteiger partial charge in [0.1, 0.15) is 11.5 Å². The fourth-order valence-electron chi connectivity index (χ4n) is 3.39. The number of benzene rings is 2. The first-order valence-corrected chi connectivity index (χ1v) is 9.71. The van der Waals surface area contributed by atoms with Crippen molar-refractivity contribution in [2.75, 3.05) is 7.11 Å².